The molecule has 0 radical (unpaired) electrons. The van der Waals surface area contributed by atoms with Crippen LogP contribution in [0, 0.1) is 6.92 Å². The van der Waals surface area contributed by atoms with Gasteiger partial charge in [0.05, 0.1) is 12.6 Å². The van der Waals surface area contributed by atoms with Crippen molar-refractivity contribution < 1.29 is 13.2 Å². The van der Waals surface area contributed by atoms with Gasteiger partial charge in [0.2, 0.25) is 0 Å². The summed E-state index contributed by atoms with van der Waals surface area (Å²) in [5.74, 6) is 0. The van der Waals surface area contributed by atoms with Crippen molar-refractivity contribution in [3.63, 3.8) is 0 Å². The van der Waals surface area contributed by atoms with Crippen LogP contribution in [0.5, 0.6) is 0 Å². The second-order valence-electron chi connectivity index (χ2n) is 5.38. The summed E-state index contributed by atoms with van der Waals surface area (Å²) in [5.41, 5.74) is 1.01. The molecule has 1 N–H and O–H groups in total. The van der Waals surface area contributed by atoms with E-state index in [1.54, 1.807) is 11.3 Å². The Morgan fingerprint density at radius 2 is 2.10 bits per heavy atom. The van der Waals surface area contributed by atoms with Crippen LogP contribution in [0.1, 0.15) is 36.5 Å². The lowest BCUT2D eigenvalue weighted by Crippen LogP contribution is -2.46. The van der Waals surface area contributed by atoms with Crippen molar-refractivity contribution >= 4 is 11.3 Å². The molecular weight excluding hydrogens is 287 g/mol. The van der Waals surface area contributed by atoms with E-state index in [1.807, 2.05) is 12.3 Å². The van der Waals surface area contributed by atoms with Gasteiger partial charge in [-0.3, -0.25) is 4.90 Å². The van der Waals surface area contributed by atoms with Crippen LogP contribution in [-0.2, 0) is 0 Å². The molecule has 114 valence electrons. The van der Waals surface area contributed by atoms with Crippen LogP contribution in [0.2, 0.25) is 0 Å². The van der Waals surface area contributed by atoms with E-state index in [2.05, 4.69) is 17.2 Å². The third-order valence-corrected chi connectivity index (χ3v) is 4.63. The van der Waals surface area contributed by atoms with Crippen LogP contribution in [0.4, 0.5) is 13.2 Å². The Morgan fingerprint density at radius 1 is 1.45 bits per heavy atom. The van der Waals surface area contributed by atoms with Crippen molar-refractivity contribution in [1.82, 2.24) is 15.2 Å². The van der Waals surface area contributed by atoms with Gasteiger partial charge in [-0.15, -0.1) is 11.3 Å². The molecule has 1 aliphatic heterocycles. The summed E-state index contributed by atoms with van der Waals surface area (Å²) in [6.07, 6.45) is -2.58. The van der Waals surface area contributed by atoms with Gasteiger partial charge in [0, 0.05) is 17.1 Å². The van der Waals surface area contributed by atoms with Crippen LogP contribution < -0.4 is 5.32 Å². The average Bonchev–Trinajstić information content (AvgIpc) is 2.77. The molecule has 3 nitrogen and oxygen atoms in total. The minimum atomic E-state index is -4.09. The number of rotatable bonds is 4. The molecule has 0 bridgehead atoms. The number of alkyl halides is 3. The fraction of sp³-hybridized carbons (Fsp3) is 0.769. The standard InChI is InChI=1S/C13H20F3N3S/c1-9-7-20-12(17-9)10(2)18-11-3-5-19(6-4-11)8-13(14,15)16/h7,10-11,18H,3-6,8H2,1-2H3. The van der Waals surface area contributed by atoms with Gasteiger partial charge >= 0.3 is 6.18 Å². The van der Waals surface area contributed by atoms with Crippen LogP contribution in [0.3, 0.4) is 0 Å². The quantitative estimate of drug-likeness (QED) is 0.926. The third kappa shape index (κ3) is 4.71. The summed E-state index contributed by atoms with van der Waals surface area (Å²) in [5, 5.41) is 6.53. The Kier molecular flexibility index (Phi) is 5.04. The highest BCUT2D eigenvalue weighted by molar-refractivity contribution is 7.09. The zero-order valence-corrected chi connectivity index (χ0v) is 12.5. The number of aryl methyl sites for hydroxylation is 1. The van der Waals surface area contributed by atoms with Crippen molar-refractivity contribution in [3.8, 4) is 0 Å². The molecule has 0 saturated carbocycles. The van der Waals surface area contributed by atoms with E-state index in [-0.39, 0.29) is 12.1 Å². The van der Waals surface area contributed by atoms with Crippen molar-refractivity contribution in [3.05, 3.63) is 16.1 Å². The monoisotopic (exact) mass is 307 g/mol. The molecule has 0 amide bonds. The van der Waals surface area contributed by atoms with E-state index >= 15 is 0 Å². The Morgan fingerprint density at radius 3 is 2.60 bits per heavy atom. The van der Waals surface area contributed by atoms with E-state index in [0.29, 0.717) is 13.1 Å². The summed E-state index contributed by atoms with van der Waals surface area (Å²) in [6.45, 7) is 4.23. The molecule has 1 atom stereocenters. The number of aromatic nitrogens is 1. The highest BCUT2D eigenvalue weighted by atomic mass is 32.1. The molecule has 1 saturated heterocycles. The van der Waals surface area contributed by atoms with Crippen molar-refractivity contribution in [2.45, 2.75) is 44.9 Å². The summed E-state index contributed by atoms with van der Waals surface area (Å²) < 4.78 is 36.9. The molecule has 20 heavy (non-hydrogen) atoms. The molecular formula is C13H20F3N3S. The maximum Gasteiger partial charge on any atom is 0.401 e. The molecule has 7 heteroatoms. The van der Waals surface area contributed by atoms with E-state index in [9.17, 15) is 13.2 Å². The summed E-state index contributed by atoms with van der Waals surface area (Å²) in [4.78, 5) is 5.92. The first-order chi connectivity index (χ1) is 9.33. The molecule has 2 heterocycles. The first-order valence-corrected chi connectivity index (χ1v) is 7.68. The van der Waals surface area contributed by atoms with Crippen molar-refractivity contribution in [2.24, 2.45) is 0 Å². The van der Waals surface area contributed by atoms with Gasteiger partial charge in [0.25, 0.3) is 0 Å². The van der Waals surface area contributed by atoms with Crippen molar-refractivity contribution in [2.75, 3.05) is 19.6 Å². The first kappa shape index (κ1) is 15.7. The number of thiazole rings is 1. The van der Waals surface area contributed by atoms with Crippen LogP contribution in [0.25, 0.3) is 0 Å². The smallest absolute Gasteiger partial charge is 0.305 e. The maximum atomic E-state index is 12.3. The number of nitrogens with one attached hydrogen (secondary N) is 1. The Hall–Kier alpha value is -0.660. The second-order valence-corrected chi connectivity index (χ2v) is 6.27. The Labute approximate surface area is 121 Å². The average molecular weight is 307 g/mol. The zero-order chi connectivity index (χ0) is 14.8. The molecule has 1 aromatic rings. The SMILES string of the molecule is Cc1csc(C(C)NC2CCN(CC(F)(F)F)CC2)n1. The zero-order valence-electron chi connectivity index (χ0n) is 11.7. The van der Waals surface area contributed by atoms with Gasteiger partial charge in [0.15, 0.2) is 0 Å². The largest absolute Gasteiger partial charge is 0.401 e. The predicted octanol–water partition coefficient (Wildman–Crippen LogP) is 3.13. The molecule has 1 fully saturated rings. The van der Waals surface area contributed by atoms with Gasteiger partial charge in [-0.1, -0.05) is 0 Å². The fourth-order valence-electron chi connectivity index (χ4n) is 2.51. The molecule has 0 aromatic carbocycles. The van der Waals surface area contributed by atoms with Gasteiger partial charge < -0.3 is 5.32 Å². The first-order valence-electron chi connectivity index (χ1n) is 6.80. The number of nitrogens with zero attached hydrogens (tertiary/aromatic N) is 2. The maximum absolute atomic E-state index is 12.3. The Bertz CT molecular complexity index is 425. The predicted molar refractivity (Wildman–Crippen MR) is 73.9 cm³/mol. The number of hydrogen-bond donors (Lipinski definition) is 1. The summed E-state index contributed by atoms with van der Waals surface area (Å²) >= 11 is 1.62. The minimum absolute atomic E-state index is 0.160. The molecule has 0 spiro atoms. The molecule has 1 aliphatic rings. The molecule has 1 unspecified atom stereocenters. The normalized spacial score (nSPS) is 20.2. The van der Waals surface area contributed by atoms with Gasteiger partial charge in [-0.05, 0) is 39.8 Å². The lowest BCUT2D eigenvalue weighted by Gasteiger charge is -2.33. The van der Waals surface area contributed by atoms with E-state index in [1.165, 1.54) is 4.90 Å². The number of piperidine rings is 1. The second kappa shape index (κ2) is 6.41. The Balaban J connectivity index is 1.77. The minimum Gasteiger partial charge on any atom is -0.305 e. The van der Waals surface area contributed by atoms with E-state index < -0.39 is 12.7 Å². The third-order valence-electron chi connectivity index (χ3n) is 3.48. The number of likely N-dealkylation sites (tertiary alicyclic amines) is 1. The molecule has 1 aromatic heterocycles. The molecule has 0 aliphatic carbocycles. The number of halogens is 3. The van der Waals surface area contributed by atoms with Crippen LogP contribution in [-0.4, -0.2) is 41.7 Å². The van der Waals surface area contributed by atoms with Crippen LogP contribution >= 0.6 is 11.3 Å². The van der Waals surface area contributed by atoms with Gasteiger partial charge in [0.1, 0.15) is 5.01 Å². The van der Waals surface area contributed by atoms with Crippen molar-refractivity contribution in [1.29, 1.82) is 0 Å². The highest BCUT2D eigenvalue weighted by Crippen LogP contribution is 2.22. The lowest BCUT2D eigenvalue weighted by atomic mass is 10.0. The topological polar surface area (TPSA) is 28.2 Å². The van der Waals surface area contributed by atoms with E-state index in [0.717, 1.165) is 23.5 Å². The number of hydrogen-bond acceptors (Lipinski definition) is 4. The van der Waals surface area contributed by atoms with E-state index in [4.69, 9.17) is 0 Å². The lowest BCUT2D eigenvalue weighted by molar-refractivity contribution is -0.148. The van der Waals surface area contributed by atoms with Gasteiger partial charge in [-0.2, -0.15) is 13.2 Å². The van der Waals surface area contributed by atoms with Gasteiger partial charge in [-0.25, -0.2) is 4.98 Å². The summed E-state index contributed by atoms with van der Waals surface area (Å²) in [6, 6.07) is 0.437. The summed E-state index contributed by atoms with van der Waals surface area (Å²) in [7, 11) is 0. The highest BCUT2D eigenvalue weighted by Gasteiger charge is 2.32. The molecule has 2 rings (SSSR count). The fourth-order valence-corrected chi connectivity index (χ4v) is 3.32. The van der Waals surface area contributed by atoms with Crippen LogP contribution in [0.15, 0.2) is 5.38 Å².